The molecule has 0 unspecified atom stereocenters. The van der Waals surface area contributed by atoms with Crippen molar-refractivity contribution in [2.75, 3.05) is 33.9 Å². The van der Waals surface area contributed by atoms with Gasteiger partial charge in [0.05, 0.1) is 14.2 Å². The maximum atomic E-state index is 5.30. The standard InChI is InChI=1S/C16H25NO2/c1-18-15-11-14(12-16(13-15)19-2)7-6-10-17-8-4-3-5-9-17/h11-13H,3-10H2,1-2H3. The Morgan fingerprint density at radius 3 is 2.16 bits per heavy atom. The minimum atomic E-state index is 0.882. The van der Waals surface area contributed by atoms with Crippen LogP contribution >= 0.6 is 0 Å². The molecule has 1 aliphatic rings. The predicted octanol–water partition coefficient (Wildman–Crippen LogP) is 3.12. The Morgan fingerprint density at radius 2 is 1.58 bits per heavy atom. The van der Waals surface area contributed by atoms with Crippen LogP contribution in [0.2, 0.25) is 0 Å². The highest BCUT2D eigenvalue weighted by molar-refractivity contribution is 5.38. The molecule has 1 aromatic carbocycles. The molecule has 1 fully saturated rings. The van der Waals surface area contributed by atoms with Crippen LogP contribution in [0.5, 0.6) is 11.5 Å². The first-order chi connectivity index (χ1) is 9.31. The van der Waals surface area contributed by atoms with Crippen LogP contribution in [-0.2, 0) is 6.42 Å². The fourth-order valence-corrected chi connectivity index (χ4v) is 2.70. The first kappa shape index (κ1) is 14.2. The largest absolute Gasteiger partial charge is 0.497 e. The van der Waals surface area contributed by atoms with E-state index in [0.717, 1.165) is 17.9 Å². The van der Waals surface area contributed by atoms with Crippen LogP contribution in [0.25, 0.3) is 0 Å². The Bertz CT molecular complexity index is 364. The van der Waals surface area contributed by atoms with Gasteiger partial charge in [-0.3, -0.25) is 0 Å². The summed E-state index contributed by atoms with van der Waals surface area (Å²) in [4.78, 5) is 2.58. The Balaban J connectivity index is 1.84. The molecular formula is C16H25NO2. The molecule has 106 valence electrons. The molecule has 2 rings (SSSR count). The van der Waals surface area contributed by atoms with E-state index < -0.39 is 0 Å². The van der Waals surface area contributed by atoms with Crippen LogP contribution in [0.1, 0.15) is 31.2 Å². The Labute approximate surface area is 116 Å². The van der Waals surface area contributed by atoms with E-state index in [4.69, 9.17) is 9.47 Å². The van der Waals surface area contributed by atoms with E-state index in [1.165, 1.54) is 50.9 Å². The zero-order valence-corrected chi connectivity index (χ0v) is 12.2. The van der Waals surface area contributed by atoms with Crippen LogP contribution in [-0.4, -0.2) is 38.8 Å². The number of hydrogen-bond donors (Lipinski definition) is 0. The van der Waals surface area contributed by atoms with Crippen LogP contribution in [0, 0.1) is 0 Å². The van der Waals surface area contributed by atoms with Gasteiger partial charge in [0.15, 0.2) is 0 Å². The number of likely N-dealkylation sites (tertiary alicyclic amines) is 1. The van der Waals surface area contributed by atoms with Crippen molar-refractivity contribution in [2.24, 2.45) is 0 Å². The zero-order chi connectivity index (χ0) is 13.5. The van der Waals surface area contributed by atoms with E-state index in [-0.39, 0.29) is 0 Å². The summed E-state index contributed by atoms with van der Waals surface area (Å²) in [7, 11) is 3.40. The molecule has 0 aromatic heterocycles. The number of methoxy groups -OCH3 is 2. The summed E-state index contributed by atoms with van der Waals surface area (Å²) in [6.45, 7) is 3.77. The number of piperidine rings is 1. The number of ether oxygens (including phenoxy) is 2. The van der Waals surface area contributed by atoms with E-state index in [0.29, 0.717) is 0 Å². The highest BCUT2D eigenvalue weighted by Crippen LogP contribution is 2.23. The van der Waals surface area contributed by atoms with Crippen molar-refractivity contribution in [3.05, 3.63) is 23.8 Å². The van der Waals surface area contributed by atoms with Gasteiger partial charge in [-0.25, -0.2) is 0 Å². The van der Waals surface area contributed by atoms with Gasteiger partial charge in [0.2, 0.25) is 0 Å². The maximum absolute atomic E-state index is 5.30. The van der Waals surface area contributed by atoms with Crippen LogP contribution in [0.15, 0.2) is 18.2 Å². The summed E-state index contributed by atoms with van der Waals surface area (Å²) < 4.78 is 10.6. The number of hydrogen-bond acceptors (Lipinski definition) is 3. The maximum Gasteiger partial charge on any atom is 0.122 e. The molecule has 1 aromatic rings. The Morgan fingerprint density at radius 1 is 0.947 bits per heavy atom. The van der Waals surface area contributed by atoms with Crippen molar-refractivity contribution in [1.29, 1.82) is 0 Å². The molecule has 0 bridgehead atoms. The molecule has 0 saturated carbocycles. The van der Waals surface area contributed by atoms with Gasteiger partial charge in [-0.2, -0.15) is 0 Å². The summed E-state index contributed by atoms with van der Waals surface area (Å²) in [6.07, 6.45) is 6.43. The van der Waals surface area contributed by atoms with E-state index in [1.54, 1.807) is 14.2 Å². The highest BCUT2D eigenvalue weighted by atomic mass is 16.5. The SMILES string of the molecule is COc1cc(CCCN2CCCCC2)cc(OC)c1. The Hall–Kier alpha value is -1.22. The van der Waals surface area contributed by atoms with Gasteiger partial charge in [0.1, 0.15) is 11.5 Å². The molecule has 19 heavy (non-hydrogen) atoms. The summed E-state index contributed by atoms with van der Waals surface area (Å²) in [5, 5.41) is 0. The summed E-state index contributed by atoms with van der Waals surface area (Å²) >= 11 is 0. The van der Waals surface area contributed by atoms with Crippen molar-refractivity contribution >= 4 is 0 Å². The van der Waals surface area contributed by atoms with Gasteiger partial charge in [-0.05, 0) is 63.0 Å². The molecule has 1 heterocycles. The van der Waals surface area contributed by atoms with Gasteiger partial charge < -0.3 is 14.4 Å². The highest BCUT2D eigenvalue weighted by Gasteiger charge is 2.09. The summed E-state index contributed by atoms with van der Waals surface area (Å²) in [6, 6.07) is 6.14. The number of benzene rings is 1. The van der Waals surface area contributed by atoms with Gasteiger partial charge in [0, 0.05) is 6.07 Å². The van der Waals surface area contributed by atoms with Gasteiger partial charge in [-0.15, -0.1) is 0 Å². The molecule has 0 atom stereocenters. The molecule has 1 aliphatic heterocycles. The summed E-state index contributed by atoms with van der Waals surface area (Å²) in [5.74, 6) is 1.76. The van der Waals surface area contributed by atoms with Crippen molar-refractivity contribution in [3.63, 3.8) is 0 Å². The molecule has 3 nitrogen and oxygen atoms in total. The van der Waals surface area contributed by atoms with Crippen molar-refractivity contribution in [3.8, 4) is 11.5 Å². The normalized spacial score (nSPS) is 16.3. The lowest BCUT2D eigenvalue weighted by Crippen LogP contribution is -2.30. The van der Waals surface area contributed by atoms with Crippen molar-refractivity contribution in [1.82, 2.24) is 4.90 Å². The topological polar surface area (TPSA) is 21.7 Å². The van der Waals surface area contributed by atoms with Crippen molar-refractivity contribution < 1.29 is 9.47 Å². The third kappa shape index (κ3) is 4.43. The Kier molecular flexibility index (Phi) is 5.52. The molecule has 0 spiro atoms. The second-order valence-corrected chi connectivity index (χ2v) is 5.23. The second-order valence-electron chi connectivity index (χ2n) is 5.23. The minimum absolute atomic E-state index is 0.882. The van der Waals surface area contributed by atoms with E-state index >= 15 is 0 Å². The second kappa shape index (κ2) is 7.39. The molecule has 3 heteroatoms. The molecule has 0 aliphatic carbocycles. The van der Waals surface area contributed by atoms with E-state index in [1.807, 2.05) is 6.07 Å². The third-order valence-electron chi connectivity index (χ3n) is 3.80. The third-order valence-corrected chi connectivity index (χ3v) is 3.80. The number of nitrogens with zero attached hydrogens (tertiary/aromatic N) is 1. The average Bonchev–Trinajstić information content (AvgIpc) is 2.48. The van der Waals surface area contributed by atoms with Crippen molar-refractivity contribution in [2.45, 2.75) is 32.1 Å². The number of rotatable bonds is 6. The molecular weight excluding hydrogens is 238 g/mol. The predicted molar refractivity (Wildman–Crippen MR) is 78.2 cm³/mol. The quantitative estimate of drug-likeness (QED) is 0.787. The molecule has 0 radical (unpaired) electrons. The van der Waals surface area contributed by atoms with E-state index in [9.17, 15) is 0 Å². The fourth-order valence-electron chi connectivity index (χ4n) is 2.70. The van der Waals surface area contributed by atoms with Gasteiger partial charge in [-0.1, -0.05) is 6.42 Å². The van der Waals surface area contributed by atoms with Gasteiger partial charge in [0.25, 0.3) is 0 Å². The smallest absolute Gasteiger partial charge is 0.122 e. The fraction of sp³-hybridized carbons (Fsp3) is 0.625. The first-order valence-electron chi connectivity index (χ1n) is 7.26. The van der Waals surface area contributed by atoms with Crippen LogP contribution in [0.4, 0.5) is 0 Å². The van der Waals surface area contributed by atoms with Crippen LogP contribution < -0.4 is 9.47 Å². The summed E-state index contributed by atoms with van der Waals surface area (Å²) in [5.41, 5.74) is 1.30. The number of aryl methyl sites for hydroxylation is 1. The van der Waals surface area contributed by atoms with Crippen LogP contribution in [0.3, 0.4) is 0 Å². The lowest BCUT2D eigenvalue weighted by Gasteiger charge is -2.26. The molecule has 0 N–H and O–H groups in total. The molecule has 1 saturated heterocycles. The molecule has 0 amide bonds. The van der Waals surface area contributed by atoms with E-state index in [2.05, 4.69) is 17.0 Å². The monoisotopic (exact) mass is 263 g/mol. The first-order valence-corrected chi connectivity index (χ1v) is 7.26. The minimum Gasteiger partial charge on any atom is -0.497 e. The lowest BCUT2D eigenvalue weighted by atomic mass is 10.1. The zero-order valence-electron chi connectivity index (χ0n) is 12.2. The van der Waals surface area contributed by atoms with Gasteiger partial charge >= 0.3 is 0 Å². The average molecular weight is 263 g/mol. The lowest BCUT2D eigenvalue weighted by molar-refractivity contribution is 0.226.